The van der Waals surface area contributed by atoms with Gasteiger partial charge >= 0.3 is 5.97 Å². The molecule has 0 aromatic carbocycles. The van der Waals surface area contributed by atoms with Crippen molar-refractivity contribution >= 4 is 11.9 Å². The van der Waals surface area contributed by atoms with Crippen molar-refractivity contribution in [3.63, 3.8) is 0 Å². The molecule has 6 nitrogen and oxygen atoms in total. The van der Waals surface area contributed by atoms with Crippen LogP contribution in [0.1, 0.15) is 38.5 Å². The van der Waals surface area contributed by atoms with E-state index in [4.69, 9.17) is 5.11 Å². The van der Waals surface area contributed by atoms with Crippen LogP contribution < -0.4 is 0 Å². The van der Waals surface area contributed by atoms with E-state index in [1.807, 2.05) is 4.90 Å². The van der Waals surface area contributed by atoms with E-state index in [-0.39, 0.29) is 25.4 Å². The van der Waals surface area contributed by atoms with E-state index in [0.717, 1.165) is 38.8 Å². The fraction of sp³-hybridized carbons (Fsp3) is 0.857. The predicted octanol–water partition coefficient (Wildman–Crippen LogP) is 0.299. The second kappa shape index (κ2) is 7.04. The molecular weight excluding hydrogens is 260 g/mol. The minimum atomic E-state index is -0.956. The lowest BCUT2D eigenvalue weighted by Gasteiger charge is -2.28. The lowest BCUT2D eigenvalue weighted by molar-refractivity contribution is -0.143. The fourth-order valence-corrected chi connectivity index (χ4v) is 3.08. The number of aliphatic hydroxyl groups excluding tert-OH is 1. The van der Waals surface area contributed by atoms with Crippen LogP contribution in [-0.4, -0.2) is 70.2 Å². The molecular formula is C14H24N2O4. The van der Waals surface area contributed by atoms with Crippen molar-refractivity contribution in [1.29, 1.82) is 0 Å². The summed E-state index contributed by atoms with van der Waals surface area (Å²) in [5, 5.41) is 18.7. The van der Waals surface area contributed by atoms with Gasteiger partial charge in [0.2, 0.25) is 5.91 Å². The Kier molecular flexibility index (Phi) is 5.37. The number of carboxylic acid groups (broad SMARTS) is 1. The van der Waals surface area contributed by atoms with E-state index in [1.165, 1.54) is 6.42 Å². The van der Waals surface area contributed by atoms with Gasteiger partial charge in [0.15, 0.2) is 0 Å². The molecule has 2 unspecified atom stereocenters. The Labute approximate surface area is 119 Å². The summed E-state index contributed by atoms with van der Waals surface area (Å²) in [6, 6.07) is -0.733. The van der Waals surface area contributed by atoms with E-state index in [9.17, 15) is 14.7 Å². The highest BCUT2D eigenvalue weighted by molar-refractivity contribution is 5.80. The van der Waals surface area contributed by atoms with E-state index in [1.54, 1.807) is 4.90 Å². The molecule has 0 aliphatic carbocycles. The molecule has 0 spiro atoms. The van der Waals surface area contributed by atoms with Gasteiger partial charge in [0.1, 0.15) is 6.04 Å². The van der Waals surface area contributed by atoms with E-state index >= 15 is 0 Å². The van der Waals surface area contributed by atoms with E-state index in [2.05, 4.69) is 0 Å². The molecule has 1 amide bonds. The summed E-state index contributed by atoms with van der Waals surface area (Å²) < 4.78 is 0. The molecule has 2 heterocycles. The van der Waals surface area contributed by atoms with Crippen LogP contribution in [0.25, 0.3) is 0 Å². The van der Waals surface area contributed by atoms with Crippen LogP contribution in [0.3, 0.4) is 0 Å². The molecule has 20 heavy (non-hydrogen) atoms. The van der Waals surface area contributed by atoms with Gasteiger partial charge in [-0.05, 0) is 12.8 Å². The number of likely N-dealkylation sites (tertiary alicyclic amines) is 2. The Morgan fingerprint density at radius 3 is 2.25 bits per heavy atom. The number of aliphatic carboxylic acids is 1. The van der Waals surface area contributed by atoms with Crippen molar-refractivity contribution in [3.05, 3.63) is 0 Å². The number of carbonyl (C=O) groups is 2. The highest BCUT2D eigenvalue weighted by Crippen LogP contribution is 2.18. The lowest BCUT2D eigenvalue weighted by Crippen LogP contribution is -2.45. The number of hydrogen-bond donors (Lipinski definition) is 2. The van der Waals surface area contributed by atoms with Gasteiger partial charge in [-0.3, -0.25) is 14.5 Å². The molecule has 2 rings (SSSR count). The second-order valence-electron chi connectivity index (χ2n) is 5.82. The van der Waals surface area contributed by atoms with Crippen LogP contribution in [0.4, 0.5) is 0 Å². The van der Waals surface area contributed by atoms with Gasteiger partial charge in [0.05, 0.1) is 12.6 Å². The molecule has 2 saturated heterocycles. The summed E-state index contributed by atoms with van der Waals surface area (Å²) >= 11 is 0. The summed E-state index contributed by atoms with van der Waals surface area (Å²) in [7, 11) is 0. The number of rotatable bonds is 3. The maximum absolute atomic E-state index is 12.3. The highest BCUT2D eigenvalue weighted by atomic mass is 16.4. The van der Waals surface area contributed by atoms with Gasteiger partial charge in [-0.25, -0.2) is 0 Å². The summed E-state index contributed by atoms with van der Waals surface area (Å²) in [4.78, 5) is 26.9. The van der Waals surface area contributed by atoms with Crippen molar-refractivity contribution in [3.8, 4) is 0 Å². The van der Waals surface area contributed by atoms with Crippen molar-refractivity contribution in [2.24, 2.45) is 0 Å². The minimum absolute atomic E-state index is 0.00718. The Hall–Kier alpha value is -1.14. The van der Waals surface area contributed by atoms with Crippen LogP contribution in [0.5, 0.6) is 0 Å². The predicted molar refractivity (Wildman–Crippen MR) is 73.3 cm³/mol. The molecule has 2 N–H and O–H groups in total. The van der Waals surface area contributed by atoms with Crippen molar-refractivity contribution in [1.82, 2.24) is 9.80 Å². The average molecular weight is 284 g/mol. The third-order valence-electron chi connectivity index (χ3n) is 4.21. The van der Waals surface area contributed by atoms with Crippen LogP contribution in [0, 0.1) is 0 Å². The standard InChI is InChI=1S/C14H24N2O4/c17-11-8-12(14(19)20)16(9-11)10-13(18)15-6-4-2-1-3-5-7-15/h11-12,17H,1-10H2,(H,19,20). The third kappa shape index (κ3) is 3.93. The van der Waals surface area contributed by atoms with Crippen molar-refractivity contribution in [2.45, 2.75) is 50.7 Å². The number of β-amino-alcohol motifs (C(OH)–C–C–N with tert-alkyl or cyclic N) is 1. The minimum Gasteiger partial charge on any atom is -0.480 e. The molecule has 114 valence electrons. The maximum atomic E-state index is 12.3. The number of carboxylic acids is 1. The summed E-state index contributed by atoms with van der Waals surface area (Å²) in [5.41, 5.74) is 0. The number of nitrogens with zero attached hydrogens (tertiary/aromatic N) is 2. The number of hydrogen-bond acceptors (Lipinski definition) is 4. The molecule has 0 bridgehead atoms. The molecule has 0 saturated carbocycles. The van der Waals surface area contributed by atoms with Gasteiger partial charge in [-0.15, -0.1) is 0 Å². The fourth-order valence-electron chi connectivity index (χ4n) is 3.08. The quantitative estimate of drug-likeness (QED) is 0.779. The van der Waals surface area contributed by atoms with Crippen LogP contribution in [-0.2, 0) is 9.59 Å². The Bertz CT molecular complexity index is 353. The third-order valence-corrected chi connectivity index (χ3v) is 4.21. The Morgan fingerprint density at radius 1 is 1.05 bits per heavy atom. The molecule has 0 aromatic heterocycles. The number of aliphatic hydroxyl groups is 1. The molecule has 2 fully saturated rings. The van der Waals surface area contributed by atoms with Crippen LogP contribution in [0.15, 0.2) is 0 Å². The average Bonchev–Trinajstić information content (AvgIpc) is 2.69. The maximum Gasteiger partial charge on any atom is 0.321 e. The Balaban J connectivity index is 1.90. The number of amides is 1. The first-order valence-electron chi connectivity index (χ1n) is 7.50. The second-order valence-corrected chi connectivity index (χ2v) is 5.82. The SMILES string of the molecule is O=C(O)C1CC(O)CN1CC(=O)N1CCCCCCC1. The zero-order chi connectivity index (χ0) is 14.5. The van der Waals surface area contributed by atoms with E-state index < -0.39 is 18.1 Å². The van der Waals surface area contributed by atoms with E-state index in [0.29, 0.717) is 0 Å². The lowest BCUT2D eigenvalue weighted by atomic mass is 10.1. The molecule has 0 radical (unpaired) electrons. The first kappa shape index (κ1) is 15.3. The summed E-state index contributed by atoms with van der Waals surface area (Å²) in [5.74, 6) is -0.964. The van der Waals surface area contributed by atoms with Crippen molar-refractivity contribution in [2.75, 3.05) is 26.2 Å². The molecule has 2 atom stereocenters. The first-order chi connectivity index (χ1) is 9.58. The van der Waals surface area contributed by atoms with Gasteiger partial charge in [-0.2, -0.15) is 0 Å². The zero-order valence-electron chi connectivity index (χ0n) is 11.8. The topological polar surface area (TPSA) is 81.1 Å². The summed E-state index contributed by atoms with van der Waals surface area (Å²) in [6.07, 6.45) is 5.17. The zero-order valence-corrected chi connectivity index (χ0v) is 11.8. The molecule has 6 heteroatoms. The molecule has 0 aromatic rings. The highest BCUT2D eigenvalue weighted by Gasteiger charge is 2.37. The van der Waals surface area contributed by atoms with Crippen LogP contribution >= 0.6 is 0 Å². The normalized spacial score (nSPS) is 28.9. The first-order valence-corrected chi connectivity index (χ1v) is 7.50. The largest absolute Gasteiger partial charge is 0.480 e. The van der Waals surface area contributed by atoms with Gasteiger partial charge in [0, 0.05) is 26.1 Å². The summed E-state index contributed by atoms with van der Waals surface area (Å²) in [6.45, 7) is 1.92. The monoisotopic (exact) mass is 284 g/mol. The van der Waals surface area contributed by atoms with Gasteiger partial charge in [0.25, 0.3) is 0 Å². The Morgan fingerprint density at radius 2 is 1.65 bits per heavy atom. The molecule has 2 aliphatic rings. The van der Waals surface area contributed by atoms with Gasteiger partial charge in [-0.1, -0.05) is 19.3 Å². The number of carbonyl (C=O) groups excluding carboxylic acids is 1. The van der Waals surface area contributed by atoms with Crippen LogP contribution in [0.2, 0.25) is 0 Å². The smallest absolute Gasteiger partial charge is 0.321 e. The molecule has 2 aliphatic heterocycles. The van der Waals surface area contributed by atoms with Gasteiger partial charge < -0.3 is 15.1 Å². The van der Waals surface area contributed by atoms with Crippen molar-refractivity contribution < 1.29 is 19.8 Å².